The molecule has 1 aromatic rings. The summed E-state index contributed by atoms with van der Waals surface area (Å²) in [7, 11) is 0. The first-order valence-electron chi connectivity index (χ1n) is 8.48. The van der Waals surface area contributed by atoms with Gasteiger partial charge < -0.3 is 14.7 Å². The fourth-order valence-electron chi connectivity index (χ4n) is 3.28. The van der Waals surface area contributed by atoms with Gasteiger partial charge in [-0.25, -0.2) is 9.18 Å². The van der Waals surface area contributed by atoms with Gasteiger partial charge in [-0.1, -0.05) is 6.92 Å². The van der Waals surface area contributed by atoms with E-state index in [1.165, 1.54) is 11.0 Å². The van der Waals surface area contributed by atoms with E-state index in [9.17, 15) is 9.18 Å². The van der Waals surface area contributed by atoms with Crippen LogP contribution in [0.5, 0.6) is 0 Å². The molecular weight excluding hydrogens is 313 g/mol. The predicted molar refractivity (Wildman–Crippen MR) is 90.0 cm³/mol. The van der Waals surface area contributed by atoms with Crippen LogP contribution >= 0.6 is 0 Å². The lowest BCUT2D eigenvalue weighted by atomic mass is 10.2. The summed E-state index contributed by atoms with van der Waals surface area (Å²) in [4.78, 5) is 17.6. The number of amides is 1. The van der Waals surface area contributed by atoms with Crippen molar-refractivity contribution in [2.24, 2.45) is 0 Å². The number of rotatable bonds is 5. The second kappa shape index (κ2) is 7.36. The van der Waals surface area contributed by atoms with E-state index < -0.39 is 12.2 Å². The highest BCUT2D eigenvalue weighted by Gasteiger charge is 2.32. The summed E-state index contributed by atoms with van der Waals surface area (Å²) in [6, 6.07) is 4.83. The molecule has 1 aromatic carbocycles. The molecule has 0 unspecified atom stereocenters. The lowest BCUT2D eigenvalue weighted by Crippen LogP contribution is -2.46. The summed E-state index contributed by atoms with van der Waals surface area (Å²) in [6.45, 7) is 6.73. The smallest absolute Gasteiger partial charge is 0.414 e. The van der Waals surface area contributed by atoms with Gasteiger partial charge in [0.2, 0.25) is 0 Å². The number of hydrogen-bond acceptors (Lipinski definition) is 5. The number of hydrogen-bond donors (Lipinski definition) is 1. The molecule has 1 atom stereocenters. The van der Waals surface area contributed by atoms with Crippen LogP contribution < -0.4 is 9.80 Å². The van der Waals surface area contributed by atoms with Crippen molar-refractivity contribution in [3.05, 3.63) is 24.0 Å². The number of halogens is 1. The highest BCUT2D eigenvalue weighted by Crippen LogP contribution is 2.28. The number of anilines is 2. The van der Waals surface area contributed by atoms with Gasteiger partial charge in [-0.3, -0.25) is 9.80 Å². The Morgan fingerprint density at radius 2 is 2.04 bits per heavy atom. The number of carbonyl (C=O) groups is 1. The molecule has 1 amide bonds. The molecule has 0 aromatic heterocycles. The summed E-state index contributed by atoms with van der Waals surface area (Å²) < 4.78 is 19.6. The van der Waals surface area contributed by atoms with Crippen molar-refractivity contribution in [2.75, 3.05) is 55.7 Å². The molecule has 132 valence electrons. The molecule has 0 spiro atoms. The molecule has 0 aliphatic carbocycles. The molecule has 3 rings (SSSR count). The highest BCUT2D eigenvalue weighted by atomic mass is 19.1. The summed E-state index contributed by atoms with van der Waals surface area (Å²) in [5.74, 6) is -0.336. The van der Waals surface area contributed by atoms with Crippen LogP contribution in [0.1, 0.15) is 13.3 Å². The number of cyclic esters (lactones) is 1. The topological polar surface area (TPSA) is 56.3 Å². The highest BCUT2D eigenvalue weighted by molar-refractivity contribution is 5.90. The van der Waals surface area contributed by atoms with Gasteiger partial charge in [-0.15, -0.1) is 0 Å². The zero-order valence-electron chi connectivity index (χ0n) is 13.9. The molecular formula is C17H24FN3O3. The van der Waals surface area contributed by atoms with Crippen LogP contribution in [0.4, 0.5) is 20.6 Å². The maximum absolute atomic E-state index is 14.6. The Balaban J connectivity index is 1.68. The van der Waals surface area contributed by atoms with Crippen molar-refractivity contribution in [2.45, 2.75) is 19.4 Å². The molecule has 2 aliphatic rings. The first-order chi connectivity index (χ1) is 11.6. The van der Waals surface area contributed by atoms with E-state index in [-0.39, 0.29) is 19.0 Å². The van der Waals surface area contributed by atoms with Gasteiger partial charge in [0, 0.05) is 26.2 Å². The third-order valence-electron chi connectivity index (χ3n) is 4.57. The van der Waals surface area contributed by atoms with E-state index in [1.807, 2.05) is 4.90 Å². The maximum atomic E-state index is 14.6. The largest absolute Gasteiger partial charge is 0.441 e. The van der Waals surface area contributed by atoms with E-state index >= 15 is 0 Å². The Kier molecular flexibility index (Phi) is 5.20. The molecule has 24 heavy (non-hydrogen) atoms. The zero-order chi connectivity index (χ0) is 17.1. The van der Waals surface area contributed by atoms with Gasteiger partial charge in [-0.05, 0) is 31.2 Å². The molecule has 1 N–H and O–H groups in total. The summed E-state index contributed by atoms with van der Waals surface area (Å²) in [5.41, 5.74) is 1.03. The van der Waals surface area contributed by atoms with Crippen LogP contribution in [0, 0.1) is 5.82 Å². The van der Waals surface area contributed by atoms with Crippen LogP contribution in [0.15, 0.2) is 18.2 Å². The SMILES string of the molecule is CCCN1CCN(c2ccc(N3C[C@H](CO)OC3=O)cc2F)CC1. The number of nitrogens with zero attached hydrogens (tertiary/aromatic N) is 3. The van der Waals surface area contributed by atoms with Gasteiger partial charge in [-0.2, -0.15) is 0 Å². The van der Waals surface area contributed by atoms with Crippen molar-refractivity contribution in [3.63, 3.8) is 0 Å². The fraction of sp³-hybridized carbons (Fsp3) is 0.588. The van der Waals surface area contributed by atoms with Gasteiger partial charge in [0.15, 0.2) is 0 Å². The minimum Gasteiger partial charge on any atom is -0.441 e. The van der Waals surface area contributed by atoms with Gasteiger partial charge >= 0.3 is 6.09 Å². The molecule has 0 radical (unpaired) electrons. The van der Waals surface area contributed by atoms with E-state index in [0.29, 0.717) is 11.4 Å². The quantitative estimate of drug-likeness (QED) is 0.886. The third-order valence-corrected chi connectivity index (χ3v) is 4.57. The number of aliphatic hydroxyl groups is 1. The lowest BCUT2D eigenvalue weighted by Gasteiger charge is -2.36. The van der Waals surface area contributed by atoms with Gasteiger partial charge in [0.05, 0.1) is 24.5 Å². The average Bonchev–Trinajstić information content (AvgIpc) is 2.97. The van der Waals surface area contributed by atoms with Crippen LogP contribution in [0.25, 0.3) is 0 Å². The summed E-state index contributed by atoms with van der Waals surface area (Å²) in [6.07, 6.45) is 0.0327. The fourth-order valence-corrected chi connectivity index (χ4v) is 3.28. The van der Waals surface area contributed by atoms with Crippen LogP contribution in [-0.4, -0.2) is 68.1 Å². The second-order valence-corrected chi connectivity index (χ2v) is 6.26. The molecule has 2 heterocycles. The third kappa shape index (κ3) is 3.47. The minimum atomic E-state index is -0.549. The molecule has 2 aliphatic heterocycles. The number of piperazine rings is 1. The Hall–Kier alpha value is -1.86. The number of benzene rings is 1. The zero-order valence-corrected chi connectivity index (χ0v) is 13.9. The van der Waals surface area contributed by atoms with Crippen molar-refractivity contribution in [1.29, 1.82) is 0 Å². The molecule has 6 nitrogen and oxygen atoms in total. The van der Waals surface area contributed by atoms with Crippen molar-refractivity contribution in [3.8, 4) is 0 Å². The number of ether oxygens (including phenoxy) is 1. The summed E-state index contributed by atoms with van der Waals surface area (Å²) in [5, 5.41) is 9.09. The van der Waals surface area contributed by atoms with E-state index in [0.717, 1.165) is 39.1 Å². The first kappa shape index (κ1) is 17.0. The average molecular weight is 337 g/mol. The molecule has 2 saturated heterocycles. The standard InChI is InChI=1S/C17H24FN3O3/c1-2-5-19-6-8-20(9-7-19)16-4-3-13(10-15(16)18)21-11-14(12-22)24-17(21)23/h3-4,10,14,22H,2,5-9,11-12H2,1H3/t14-/m1/s1. The van der Waals surface area contributed by atoms with Crippen LogP contribution in [0.3, 0.4) is 0 Å². The Morgan fingerprint density at radius 3 is 2.62 bits per heavy atom. The van der Waals surface area contributed by atoms with Gasteiger partial charge in [0.25, 0.3) is 0 Å². The van der Waals surface area contributed by atoms with Crippen molar-refractivity contribution in [1.82, 2.24) is 4.90 Å². The predicted octanol–water partition coefficient (Wildman–Crippen LogP) is 1.68. The maximum Gasteiger partial charge on any atom is 0.414 e. The summed E-state index contributed by atoms with van der Waals surface area (Å²) >= 11 is 0. The minimum absolute atomic E-state index is 0.231. The van der Waals surface area contributed by atoms with E-state index in [1.54, 1.807) is 12.1 Å². The Labute approximate surface area is 141 Å². The van der Waals surface area contributed by atoms with Crippen molar-refractivity contribution >= 4 is 17.5 Å². The molecule has 0 saturated carbocycles. The normalized spacial score (nSPS) is 22.1. The van der Waals surface area contributed by atoms with Gasteiger partial charge in [0.1, 0.15) is 11.9 Å². The molecule has 2 fully saturated rings. The number of aliphatic hydroxyl groups excluding tert-OH is 1. The lowest BCUT2D eigenvalue weighted by molar-refractivity contribution is 0.0963. The van der Waals surface area contributed by atoms with E-state index in [4.69, 9.17) is 9.84 Å². The number of carbonyl (C=O) groups excluding carboxylic acids is 1. The molecule has 7 heteroatoms. The molecule has 0 bridgehead atoms. The first-order valence-corrected chi connectivity index (χ1v) is 8.48. The second-order valence-electron chi connectivity index (χ2n) is 6.26. The monoisotopic (exact) mass is 337 g/mol. The van der Waals surface area contributed by atoms with E-state index in [2.05, 4.69) is 11.8 Å². The Morgan fingerprint density at radius 1 is 1.29 bits per heavy atom. The van der Waals surface area contributed by atoms with Crippen LogP contribution in [0.2, 0.25) is 0 Å². The van der Waals surface area contributed by atoms with Crippen molar-refractivity contribution < 1.29 is 19.0 Å². The Bertz CT molecular complexity index is 590. The van der Waals surface area contributed by atoms with Crippen LogP contribution in [-0.2, 0) is 4.74 Å².